The van der Waals surface area contributed by atoms with Gasteiger partial charge >= 0.3 is 6.03 Å². The standard InChI is InChI=1S/C17H25N3O3/c1-23-15-9-5-2-6-13(15)12-19-17(22)18-11-10-16(21)20-14-7-3-4-8-14/h2,5-6,9,14H,3-4,7-8,10-12H2,1H3,(H,20,21)(H2,18,19,22). The Morgan fingerprint density at radius 2 is 1.91 bits per heavy atom. The fourth-order valence-electron chi connectivity index (χ4n) is 2.75. The molecule has 0 saturated heterocycles. The lowest BCUT2D eigenvalue weighted by molar-refractivity contribution is -0.121. The minimum absolute atomic E-state index is 0.00179. The highest BCUT2D eigenvalue weighted by molar-refractivity contribution is 5.78. The molecule has 2 rings (SSSR count). The lowest BCUT2D eigenvalue weighted by Gasteiger charge is -2.13. The van der Waals surface area contributed by atoms with Crippen LogP contribution in [0.5, 0.6) is 5.75 Å². The average Bonchev–Trinajstić information content (AvgIpc) is 3.06. The molecule has 1 aliphatic rings. The first-order valence-electron chi connectivity index (χ1n) is 8.12. The number of hydrogen-bond acceptors (Lipinski definition) is 3. The number of amides is 3. The third-order valence-corrected chi connectivity index (χ3v) is 3.99. The van der Waals surface area contributed by atoms with Crippen molar-refractivity contribution in [2.75, 3.05) is 13.7 Å². The van der Waals surface area contributed by atoms with Crippen molar-refractivity contribution in [2.45, 2.75) is 44.7 Å². The summed E-state index contributed by atoms with van der Waals surface area (Å²) in [5.74, 6) is 0.741. The molecule has 23 heavy (non-hydrogen) atoms. The van der Waals surface area contributed by atoms with E-state index in [1.54, 1.807) is 7.11 Å². The van der Waals surface area contributed by atoms with E-state index in [-0.39, 0.29) is 11.9 Å². The second kappa shape index (κ2) is 9.02. The predicted octanol–water partition coefficient (Wildman–Crippen LogP) is 1.94. The maximum Gasteiger partial charge on any atom is 0.315 e. The highest BCUT2D eigenvalue weighted by Gasteiger charge is 2.16. The number of hydrogen-bond donors (Lipinski definition) is 3. The van der Waals surface area contributed by atoms with Crippen LogP contribution in [-0.4, -0.2) is 31.6 Å². The largest absolute Gasteiger partial charge is 0.496 e. The summed E-state index contributed by atoms with van der Waals surface area (Å²) in [6, 6.07) is 7.55. The van der Waals surface area contributed by atoms with E-state index in [1.165, 1.54) is 12.8 Å². The van der Waals surface area contributed by atoms with Crippen molar-refractivity contribution in [3.8, 4) is 5.75 Å². The molecule has 1 fully saturated rings. The molecule has 3 amide bonds. The second-order valence-corrected chi connectivity index (χ2v) is 5.72. The van der Waals surface area contributed by atoms with Crippen LogP contribution in [0.3, 0.4) is 0 Å². The van der Waals surface area contributed by atoms with E-state index in [0.717, 1.165) is 24.2 Å². The van der Waals surface area contributed by atoms with Gasteiger partial charge < -0.3 is 20.7 Å². The molecule has 0 spiro atoms. The van der Waals surface area contributed by atoms with Crippen LogP contribution >= 0.6 is 0 Å². The minimum Gasteiger partial charge on any atom is -0.496 e. The number of ether oxygens (including phenoxy) is 1. The summed E-state index contributed by atoms with van der Waals surface area (Å²) in [6.45, 7) is 0.709. The Bertz CT molecular complexity index is 528. The predicted molar refractivity (Wildman–Crippen MR) is 88.2 cm³/mol. The SMILES string of the molecule is COc1ccccc1CNC(=O)NCCC(=O)NC1CCCC1. The molecule has 6 nitrogen and oxygen atoms in total. The second-order valence-electron chi connectivity index (χ2n) is 5.72. The molecular formula is C17H25N3O3. The summed E-state index contributed by atoms with van der Waals surface area (Å²) < 4.78 is 5.23. The topological polar surface area (TPSA) is 79.5 Å². The molecule has 0 aromatic heterocycles. The van der Waals surface area contributed by atoms with E-state index in [0.29, 0.717) is 25.6 Å². The lowest BCUT2D eigenvalue weighted by atomic mass is 10.2. The number of nitrogens with one attached hydrogen (secondary N) is 3. The monoisotopic (exact) mass is 319 g/mol. The van der Waals surface area contributed by atoms with Crippen LogP contribution in [0.1, 0.15) is 37.7 Å². The van der Waals surface area contributed by atoms with Crippen molar-refractivity contribution < 1.29 is 14.3 Å². The third-order valence-electron chi connectivity index (χ3n) is 3.99. The first-order valence-corrected chi connectivity index (χ1v) is 8.12. The first kappa shape index (κ1) is 17.1. The summed E-state index contributed by atoms with van der Waals surface area (Å²) in [7, 11) is 1.60. The summed E-state index contributed by atoms with van der Waals surface area (Å²) in [6.07, 6.45) is 4.82. The Hall–Kier alpha value is -2.24. The van der Waals surface area contributed by atoms with Gasteiger partial charge in [-0.3, -0.25) is 4.79 Å². The minimum atomic E-state index is -0.287. The van der Waals surface area contributed by atoms with E-state index in [2.05, 4.69) is 16.0 Å². The van der Waals surface area contributed by atoms with Gasteiger partial charge in [-0.15, -0.1) is 0 Å². The number of carbonyl (C=O) groups excluding carboxylic acids is 2. The van der Waals surface area contributed by atoms with E-state index >= 15 is 0 Å². The van der Waals surface area contributed by atoms with Gasteiger partial charge in [0.2, 0.25) is 5.91 Å². The van der Waals surface area contributed by atoms with Gasteiger partial charge in [0.15, 0.2) is 0 Å². The number of benzene rings is 1. The Balaban J connectivity index is 1.62. The van der Waals surface area contributed by atoms with Gasteiger partial charge in [-0.1, -0.05) is 31.0 Å². The molecular weight excluding hydrogens is 294 g/mol. The van der Waals surface area contributed by atoms with E-state index in [4.69, 9.17) is 4.74 Å². The summed E-state index contributed by atoms with van der Waals surface area (Å²) >= 11 is 0. The molecule has 0 aliphatic heterocycles. The molecule has 3 N–H and O–H groups in total. The van der Waals surface area contributed by atoms with E-state index < -0.39 is 0 Å². The number of urea groups is 1. The molecule has 0 atom stereocenters. The fourth-order valence-corrected chi connectivity index (χ4v) is 2.75. The van der Waals surface area contributed by atoms with Gasteiger partial charge in [0.05, 0.1) is 7.11 Å². The number of rotatable bonds is 7. The molecule has 0 bridgehead atoms. The Kier molecular flexibility index (Phi) is 6.72. The van der Waals surface area contributed by atoms with Crippen molar-refractivity contribution in [3.05, 3.63) is 29.8 Å². The molecule has 0 radical (unpaired) electrons. The summed E-state index contributed by atoms with van der Waals surface area (Å²) in [5.41, 5.74) is 0.907. The molecule has 1 saturated carbocycles. The van der Waals surface area contributed by atoms with Crippen molar-refractivity contribution in [2.24, 2.45) is 0 Å². The molecule has 6 heteroatoms. The zero-order chi connectivity index (χ0) is 16.5. The van der Waals surface area contributed by atoms with Crippen LogP contribution in [0, 0.1) is 0 Å². The van der Waals surface area contributed by atoms with Crippen molar-refractivity contribution in [1.82, 2.24) is 16.0 Å². The van der Waals surface area contributed by atoms with Crippen LogP contribution in [0.15, 0.2) is 24.3 Å². The smallest absolute Gasteiger partial charge is 0.315 e. The van der Waals surface area contributed by atoms with Crippen molar-refractivity contribution in [1.29, 1.82) is 0 Å². The van der Waals surface area contributed by atoms with Crippen molar-refractivity contribution >= 4 is 11.9 Å². The van der Waals surface area contributed by atoms with Gasteiger partial charge in [-0.25, -0.2) is 4.79 Å². The van der Waals surface area contributed by atoms with E-state index in [1.807, 2.05) is 24.3 Å². The lowest BCUT2D eigenvalue weighted by Crippen LogP contribution is -2.39. The molecule has 126 valence electrons. The highest BCUT2D eigenvalue weighted by Crippen LogP contribution is 2.17. The average molecular weight is 319 g/mol. The Labute approximate surface area is 137 Å². The van der Waals surface area contributed by atoms with Gasteiger partial charge in [0, 0.05) is 31.1 Å². The zero-order valence-electron chi connectivity index (χ0n) is 13.6. The molecule has 1 aromatic carbocycles. The normalized spacial score (nSPS) is 14.3. The van der Waals surface area contributed by atoms with Gasteiger partial charge in [0.1, 0.15) is 5.75 Å². The van der Waals surface area contributed by atoms with Crippen LogP contribution in [0.2, 0.25) is 0 Å². The number of carbonyl (C=O) groups is 2. The fraction of sp³-hybridized carbons (Fsp3) is 0.529. The van der Waals surface area contributed by atoms with Gasteiger partial charge in [-0.05, 0) is 18.9 Å². The maximum atomic E-state index is 11.7. The van der Waals surface area contributed by atoms with Crippen LogP contribution in [-0.2, 0) is 11.3 Å². The Morgan fingerprint density at radius 1 is 1.17 bits per heavy atom. The van der Waals surface area contributed by atoms with Gasteiger partial charge in [-0.2, -0.15) is 0 Å². The molecule has 0 unspecified atom stereocenters. The number of methoxy groups -OCH3 is 1. The maximum absolute atomic E-state index is 11.7. The van der Waals surface area contributed by atoms with Crippen LogP contribution in [0.4, 0.5) is 4.79 Å². The van der Waals surface area contributed by atoms with Gasteiger partial charge in [0.25, 0.3) is 0 Å². The zero-order valence-corrected chi connectivity index (χ0v) is 13.6. The van der Waals surface area contributed by atoms with E-state index in [9.17, 15) is 9.59 Å². The van der Waals surface area contributed by atoms with Crippen molar-refractivity contribution in [3.63, 3.8) is 0 Å². The van der Waals surface area contributed by atoms with Crippen LogP contribution in [0.25, 0.3) is 0 Å². The number of para-hydroxylation sites is 1. The molecule has 1 aromatic rings. The third kappa shape index (κ3) is 5.81. The molecule has 1 aliphatic carbocycles. The Morgan fingerprint density at radius 3 is 2.65 bits per heavy atom. The van der Waals surface area contributed by atoms with Crippen LogP contribution < -0.4 is 20.7 Å². The molecule has 0 heterocycles. The quantitative estimate of drug-likeness (QED) is 0.718. The first-order chi connectivity index (χ1) is 11.2. The summed E-state index contributed by atoms with van der Waals surface area (Å²) in [4.78, 5) is 23.5. The highest BCUT2D eigenvalue weighted by atomic mass is 16.5. The summed E-state index contributed by atoms with van der Waals surface area (Å²) in [5, 5.41) is 8.45.